The van der Waals surface area contributed by atoms with Crippen LogP contribution in [0.4, 0.5) is 0 Å². The van der Waals surface area contributed by atoms with Gasteiger partial charge in [0.25, 0.3) is 10.2 Å². The number of aliphatic hydroxyl groups is 2. The normalized spacial score (nSPS) is 10.3. The molecule has 132 valence electrons. The maximum atomic E-state index is 10.0. The molecule has 0 heterocycles. The summed E-state index contributed by atoms with van der Waals surface area (Å²) in [6, 6.07) is -0.713. The fourth-order valence-electron chi connectivity index (χ4n) is 0.509. The molecule has 0 rings (SSSR count). The zero-order valence-electron chi connectivity index (χ0n) is 12.2. The van der Waals surface area contributed by atoms with E-state index in [9.17, 15) is 25.0 Å². The van der Waals surface area contributed by atoms with E-state index in [4.69, 9.17) is 21.1 Å². The lowest BCUT2D eigenvalue weighted by atomic mass is 10.1. The van der Waals surface area contributed by atoms with Crippen molar-refractivity contribution in [2.24, 2.45) is 11.7 Å². The molecule has 0 aromatic rings. The maximum absolute atomic E-state index is 10.0. The van der Waals surface area contributed by atoms with Crippen LogP contribution in [-0.2, 0) is 14.5 Å². The van der Waals surface area contributed by atoms with Crippen LogP contribution < -0.4 is 5.73 Å². The molecule has 0 aliphatic rings. The molecule has 5 N–H and O–H groups in total. The Morgan fingerprint density at radius 2 is 1.41 bits per heavy atom. The molecule has 13 heteroatoms. The van der Waals surface area contributed by atoms with E-state index in [0.29, 0.717) is 0 Å². The largest absolute Gasteiger partial charge is 0.480 e. The van der Waals surface area contributed by atoms with E-state index in [1.54, 1.807) is 13.8 Å². The highest BCUT2D eigenvalue weighted by atomic mass is 17.0. The molecule has 0 spiro atoms. The van der Waals surface area contributed by atoms with Gasteiger partial charge in [0.2, 0.25) is 0 Å². The summed E-state index contributed by atoms with van der Waals surface area (Å²) in [4.78, 5) is 36.2. The number of nitrogens with zero attached hydrogens (tertiary/aromatic N) is 2. The van der Waals surface area contributed by atoms with E-state index in [-0.39, 0.29) is 19.1 Å². The Balaban J connectivity index is -0.000000269. The first-order valence-corrected chi connectivity index (χ1v) is 5.84. The smallest absolute Gasteiger partial charge is 0.320 e. The number of aliphatic hydroxyl groups excluding tert-OH is 2. The first-order valence-electron chi connectivity index (χ1n) is 5.84. The van der Waals surface area contributed by atoms with E-state index >= 15 is 0 Å². The molecule has 0 aliphatic carbocycles. The molecule has 0 radical (unpaired) electrons. The van der Waals surface area contributed by atoms with Crippen LogP contribution in [0.2, 0.25) is 0 Å². The summed E-state index contributed by atoms with van der Waals surface area (Å²) in [5.74, 6) is -0.910. The van der Waals surface area contributed by atoms with Gasteiger partial charge in [-0.05, 0) is 5.92 Å². The summed E-state index contributed by atoms with van der Waals surface area (Å²) < 4.78 is 0. The molecular weight excluding hydrogens is 310 g/mol. The monoisotopic (exact) mass is 331 g/mol. The lowest BCUT2D eigenvalue weighted by molar-refractivity contribution is -0.780. The summed E-state index contributed by atoms with van der Waals surface area (Å²) in [7, 11) is 0. The predicted octanol–water partition coefficient (Wildman–Crippen LogP) is -1.57. The Bertz CT molecular complexity index is 294. The number of carboxylic acids is 1. The molecule has 0 saturated heterocycles. The third-order valence-electron chi connectivity index (χ3n) is 1.58. The first-order chi connectivity index (χ1) is 10.1. The van der Waals surface area contributed by atoms with Crippen molar-refractivity contribution in [1.82, 2.24) is 0 Å². The van der Waals surface area contributed by atoms with Crippen LogP contribution >= 0.6 is 0 Å². The topological polar surface area (TPSA) is 209 Å². The summed E-state index contributed by atoms with van der Waals surface area (Å²) in [6.07, 6.45) is 0. The van der Waals surface area contributed by atoms with Crippen molar-refractivity contribution in [3.8, 4) is 0 Å². The van der Waals surface area contributed by atoms with Gasteiger partial charge in [-0.15, -0.1) is 20.2 Å². The fraction of sp³-hybridized carbons (Fsp3) is 0.889. The van der Waals surface area contributed by atoms with Gasteiger partial charge in [-0.3, -0.25) is 4.79 Å². The Hall–Kier alpha value is -2.25. The maximum Gasteiger partial charge on any atom is 0.320 e. The molecule has 0 saturated carbocycles. The minimum absolute atomic E-state index is 0.0208. The molecule has 0 bridgehead atoms. The predicted molar refractivity (Wildman–Crippen MR) is 70.5 cm³/mol. The Morgan fingerprint density at radius 1 is 1.09 bits per heavy atom. The minimum Gasteiger partial charge on any atom is -0.480 e. The highest BCUT2D eigenvalue weighted by molar-refractivity contribution is 5.73. The molecule has 0 fully saturated rings. The lowest BCUT2D eigenvalue weighted by Gasteiger charge is -2.07. The number of nitrogens with two attached hydrogens (primary N) is 1. The van der Waals surface area contributed by atoms with Gasteiger partial charge in [-0.2, -0.15) is 0 Å². The minimum atomic E-state index is -1.05. The molecule has 13 nitrogen and oxygen atoms in total. The van der Waals surface area contributed by atoms with E-state index in [2.05, 4.69) is 9.68 Å². The van der Waals surface area contributed by atoms with Crippen molar-refractivity contribution in [3.63, 3.8) is 0 Å². The van der Waals surface area contributed by atoms with Crippen molar-refractivity contribution in [2.45, 2.75) is 19.9 Å². The van der Waals surface area contributed by atoms with Crippen molar-refractivity contribution in [3.05, 3.63) is 20.2 Å². The third kappa shape index (κ3) is 26.3. The zero-order valence-corrected chi connectivity index (χ0v) is 12.2. The van der Waals surface area contributed by atoms with Crippen molar-refractivity contribution in [2.75, 3.05) is 26.4 Å². The molecule has 1 atom stereocenters. The molecule has 0 aliphatic heterocycles. The van der Waals surface area contributed by atoms with Crippen LogP contribution in [0, 0.1) is 26.1 Å². The van der Waals surface area contributed by atoms with Crippen LogP contribution in [0.3, 0.4) is 0 Å². The Morgan fingerprint density at radius 3 is 1.50 bits per heavy atom. The van der Waals surface area contributed by atoms with Crippen molar-refractivity contribution < 1.29 is 40.0 Å². The highest BCUT2D eigenvalue weighted by Crippen LogP contribution is 1.96. The first kappa shape index (κ1) is 24.7. The van der Waals surface area contributed by atoms with Gasteiger partial charge in [0.15, 0.2) is 0 Å². The molecular formula is C9H21N3O10. The molecule has 1 unspecified atom stereocenters. The van der Waals surface area contributed by atoms with Crippen LogP contribution in [0.25, 0.3) is 0 Å². The Labute approximate surface area is 125 Å². The SMILES string of the molecule is CC(C)C(N)C(=O)O.O=[N+]([O-])OCCO[N+](=O)[O-].OCCO. The van der Waals surface area contributed by atoms with Crippen LogP contribution in [0.1, 0.15) is 13.8 Å². The highest BCUT2D eigenvalue weighted by Gasteiger charge is 2.14. The van der Waals surface area contributed by atoms with Crippen molar-refractivity contribution >= 4 is 5.97 Å². The van der Waals surface area contributed by atoms with Crippen molar-refractivity contribution in [1.29, 1.82) is 0 Å². The summed E-state index contributed by atoms with van der Waals surface area (Å²) >= 11 is 0. The number of carbonyl (C=O) groups is 1. The quantitative estimate of drug-likeness (QED) is 0.226. The van der Waals surface area contributed by atoms with Crippen LogP contribution in [0.5, 0.6) is 0 Å². The fourth-order valence-corrected chi connectivity index (χ4v) is 0.509. The zero-order chi connectivity index (χ0) is 18.1. The van der Waals surface area contributed by atoms with Crippen LogP contribution in [-0.4, -0.2) is 63.9 Å². The van der Waals surface area contributed by atoms with Gasteiger partial charge in [0, 0.05) is 0 Å². The van der Waals surface area contributed by atoms with Crippen LogP contribution in [0.15, 0.2) is 0 Å². The van der Waals surface area contributed by atoms with E-state index < -0.39 is 35.4 Å². The van der Waals surface area contributed by atoms with E-state index in [1.807, 2.05) is 0 Å². The molecule has 22 heavy (non-hydrogen) atoms. The number of carboxylic acid groups (broad SMARTS) is 1. The number of hydrogen-bond acceptors (Lipinski definition) is 10. The lowest BCUT2D eigenvalue weighted by Crippen LogP contribution is -2.34. The third-order valence-corrected chi connectivity index (χ3v) is 1.58. The van der Waals surface area contributed by atoms with Gasteiger partial charge in [-0.1, -0.05) is 13.8 Å². The number of rotatable bonds is 8. The molecule has 0 aromatic heterocycles. The number of aliphatic carboxylic acids is 1. The van der Waals surface area contributed by atoms with Gasteiger partial charge < -0.3 is 30.7 Å². The van der Waals surface area contributed by atoms with Gasteiger partial charge >= 0.3 is 5.97 Å². The van der Waals surface area contributed by atoms with Gasteiger partial charge in [0.05, 0.1) is 13.2 Å². The van der Waals surface area contributed by atoms with Gasteiger partial charge in [0.1, 0.15) is 19.3 Å². The second kappa shape index (κ2) is 16.8. The van der Waals surface area contributed by atoms with E-state index in [1.165, 1.54) is 0 Å². The molecule has 0 amide bonds. The summed E-state index contributed by atoms with van der Waals surface area (Å²) in [6.45, 7) is 2.43. The van der Waals surface area contributed by atoms with E-state index in [0.717, 1.165) is 0 Å². The average Bonchev–Trinajstić information content (AvgIpc) is 2.43. The summed E-state index contributed by atoms with van der Waals surface area (Å²) in [5, 5.41) is 40.2. The second-order valence-corrected chi connectivity index (χ2v) is 3.67. The molecule has 0 aromatic carbocycles. The Kier molecular flexibility index (Phi) is 18.9. The number of hydrogen-bond donors (Lipinski definition) is 4. The van der Waals surface area contributed by atoms with Gasteiger partial charge in [-0.25, -0.2) is 0 Å². The average molecular weight is 331 g/mol. The second-order valence-electron chi connectivity index (χ2n) is 3.67. The summed E-state index contributed by atoms with van der Waals surface area (Å²) in [5.41, 5.74) is 5.16. The standard InChI is InChI=1S/C5H11NO2.C2H4N2O6.C2H6O2/c1-3(2)4(6)5(7)8;5-3(6)9-1-2-10-4(7)8;3-1-2-4/h3-4H,6H2,1-2H3,(H,7,8);1-2H2;3-4H,1-2H2.